The fraction of sp³-hybridized carbons (Fsp3) is 0.600. The van der Waals surface area contributed by atoms with Gasteiger partial charge in [0, 0.05) is 5.54 Å². The van der Waals surface area contributed by atoms with Crippen LogP contribution in [-0.4, -0.2) is 0 Å². The van der Waals surface area contributed by atoms with Crippen LogP contribution in [0, 0.1) is 11.8 Å². The first kappa shape index (κ1) is 14.4. The third-order valence-corrected chi connectivity index (χ3v) is 4.00. The number of hydrogen-bond acceptors (Lipinski definition) is 1. The average Bonchev–Trinajstić information content (AvgIpc) is 2.26. The monoisotopic (exact) mass is 271 g/mol. The van der Waals surface area contributed by atoms with Gasteiger partial charge in [-0.2, -0.15) is 13.2 Å². The molecule has 0 aromatic heterocycles. The van der Waals surface area contributed by atoms with Crippen molar-refractivity contribution < 1.29 is 13.2 Å². The van der Waals surface area contributed by atoms with Crippen LogP contribution in [0.5, 0.6) is 0 Å². The van der Waals surface area contributed by atoms with E-state index in [1.807, 2.05) is 0 Å². The first-order valence-electron chi connectivity index (χ1n) is 6.68. The summed E-state index contributed by atoms with van der Waals surface area (Å²) in [6.45, 7) is 4.13. The zero-order chi connectivity index (χ0) is 14.3. The third kappa shape index (κ3) is 2.94. The van der Waals surface area contributed by atoms with Gasteiger partial charge in [0.25, 0.3) is 0 Å². The first-order chi connectivity index (χ1) is 8.72. The summed E-state index contributed by atoms with van der Waals surface area (Å²) >= 11 is 0. The van der Waals surface area contributed by atoms with Gasteiger partial charge in [0.2, 0.25) is 0 Å². The molecule has 0 saturated heterocycles. The van der Waals surface area contributed by atoms with Gasteiger partial charge in [-0.1, -0.05) is 32.0 Å². The van der Waals surface area contributed by atoms with Crippen molar-refractivity contribution in [2.75, 3.05) is 0 Å². The van der Waals surface area contributed by atoms with E-state index in [1.54, 1.807) is 6.07 Å². The van der Waals surface area contributed by atoms with Gasteiger partial charge in [0.05, 0.1) is 5.56 Å². The largest absolute Gasteiger partial charge is 0.416 e. The number of benzene rings is 1. The average molecular weight is 271 g/mol. The fourth-order valence-electron chi connectivity index (χ4n) is 3.56. The molecule has 1 aromatic carbocycles. The molecular formula is C15H20F3N. The molecule has 2 N–H and O–H groups in total. The van der Waals surface area contributed by atoms with Gasteiger partial charge < -0.3 is 5.73 Å². The molecule has 0 heterocycles. The van der Waals surface area contributed by atoms with Gasteiger partial charge in [0.1, 0.15) is 0 Å². The number of rotatable bonds is 1. The summed E-state index contributed by atoms with van der Waals surface area (Å²) in [7, 11) is 0. The molecule has 0 radical (unpaired) electrons. The van der Waals surface area contributed by atoms with Crippen LogP contribution in [0.2, 0.25) is 0 Å². The summed E-state index contributed by atoms with van der Waals surface area (Å²) in [4.78, 5) is 0. The highest BCUT2D eigenvalue weighted by Gasteiger charge is 2.42. The highest BCUT2D eigenvalue weighted by molar-refractivity contribution is 5.36. The van der Waals surface area contributed by atoms with Crippen LogP contribution in [0.25, 0.3) is 0 Å². The molecule has 0 aliphatic heterocycles. The SMILES string of the molecule is CC1CC(C)CC(N)(c2ccccc2C(F)(F)F)C1. The van der Waals surface area contributed by atoms with E-state index in [0.717, 1.165) is 12.5 Å². The van der Waals surface area contributed by atoms with Gasteiger partial charge in [-0.25, -0.2) is 0 Å². The van der Waals surface area contributed by atoms with Crippen LogP contribution in [0.1, 0.15) is 44.2 Å². The summed E-state index contributed by atoms with van der Waals surface area (Å²) < 4.78 is 39.3. The lowest BCUT2D eigenvalue weighted by Gasteiger charge is -2.41. The Morgan fingerprint density at radius 2 is 1.63 bits per heavy atom. The highest BCUT2D eigenvalue weighted by Crippen LogP contribution is 2.44. The number of halogens is 3. The number of alkyl halides is 3. The summed E-state index contributed by atoms with van der Waals surface area (Å²) in [5, 5.41) is 0. The summed E-state index contributed by atoms with van der Waals surface area (Å²) in [6, 6.07) is 5.73. The second kappa shape index (κ2) is 4.82. The molecule has 1 saturated carbocycles. The predicted molar refractivity (Wildman–Crippen MR) is 69.5 cm³/mol. The van der Waals surface area contributed by atoms with E-state index in [-0.39, 0.29) is 5.56 Å². The highest BCUT2D eigenvalue weighted by atomic mass is 19.4. The molecule has 0 amide bonds. The zero-order valence-corrected chi connectivity index (χ0v) is 11.3. The first-order valence-corrected chi connectivity index (χ1v) is 6.68. The third-order valence-electron chi connectivity index (χ3n) is 4.00. The Hall–Kier alpha value is -1.03. The van der Waals surface area contributed by atoms with Gasteiger partial charge >= 0.3 is 6.18 Å². The Labute approximate surface area is 112 Å². The molecule has 1 aromatic rings. The van der Waals surface area contributed by atoms with Crippen LogP contribution in [0.3, 0.4) is 0 Å². The standard InChI is InChI=1S/C15H20F3N/c1-10-7-11(2)9-14(19,8-10)12-5-3-4-6-13(12)15(16,17)18/h3-6,10-11H,7-9,19H2,1-2H3. The van der Waals surface area contributed by atoms with Crippen molar-refractivity contribution in [2.45, 2.75) is 44.8 Å². The molecule has 1 fully saturated rings. The molecule has 106 valence electrons. The lowest BCUT2D eigenvalue weighted by Crippen LogP contribution is -2.44. The Morgan fingerprint density at radius 1 is 1.11 bits per heavy atom. The fourth-order valence-corrected chi connectivity index (χ4v) is 3.56. The second-order valence-electron chi connectivity index (χ2n) is 6.05. The Kier molecular flexibility index (Phi) is 3.65. The van der Waals surface area contributed by atoms with Gasteiger partial charge in [0.15, 0.2) is 0 Å². The van der Waals surface area contributed by atoms with E-state index in [2.05, 4.69) is 13.8 Å². The van der Waals surface area contributed by atoms with Crippen molar-refractivity contribution in [1.29, 1.82) is 0 Å². The van der Waals surface area contributed by atoms with Crippen molar-refractivity contribution in [2.24, 2.45) is 17.6 Å². The van der Waals surface area contributed by atoms with Crippen molar-refractivity contribution in [1.82, 2.24) is 0 Å². The molecule has 1 aliphatic carbocycles. The summed E-state index contributed by atoms with van der Waals surface area (Å²) in [5.41, 5.74) is 5.17. The maximum Gasteiger partial charge on any atom is 0.416 e. The van der Waals surface area contributed by atoms with E-state index in [4.69, 9.17) is 5.73 Å². The quantitative estimate of drug-likeness (QED) is 0.809. The van der Waals surface area contributed by atoms with E-state index in [0.29, 0.717) is 24.7 Å². The lowest BCUT2D eigenvalue weighted by molar-refractivity contribution is -0.139. The molecular weight excluding hydrogens is 251 g/mol. The van der Waals surface area contributed by atoms with Crippen LogP contribution in [-0.2, 0) is 11.7 Å². The van der Waals surface area contributed by atoms with Crippen molar-refractivity contribution in [3.8, 4) is 0 Å². The van der Waals surface area contributed by atoms with Crippen LogP contribution >= 0.6 is 0 Å². The van der Waals surface area contributed by atoms with Crippen molar-refractivity contribution >= 4 is 0 Å². The zero-order valence-electron chi connectivity index (χ0n) is 11.3. The molecule has 19 heavy (non-hydrogen) atoms. The number of hydrogen-bond donors (Lipinski definition) is 1. The summed E-state index contributed by atoms with van der Waals surface area (Å²) in [6.07, 6.45) is -2.07. The minimum atomic E-state index is -4.34. The second-order valence-corrected chi connectivity index (χ2v) is 6.05. The maximum absolute atomic E-state index is 13.1. The van der Waals surface area contributed by atoms with Crippen LogP contribution < -0.4 is 5.73 Å². The van der Waals surface area contributed by atoms with E-state index < -0.39 is 17.3 Å². The molecule has 2 atom stereocenters. The summed E-state index contributed by atoms with van der Waals surface area (Å²) in [5.74, 6) is 0.713. The van der Waals surface area contributed by atoms with Gasteiger partial charge in [-0.05, 0) is 42.7 Å². The van der Waals surface area contributed by atoms with E-state index >= 15 is 0 Å². The minimum absolute atomic E-state index is 0.251. The molecule has 4 heteroatoms. The normalized spacial score (nSPS) is 32.3. The molecule has 0 spiro atoms. The van der Waals surface area contributed by atoms with Crippen molar-refractivity contribution in [3.63, 3.8) is 0 Å². The Bertz CT molecular complexity index is 443. The van der Waals surface area contributed by atoms with Crippen LogP contribution in [0.4, 0.5) is 13.2 Å². The Balaban J connectivity index is 2.46. The predicted octanol–water partition coefficient (Wildman–Crippen LogP) is 4.32. The van der Waals surface area contributed by atoms with E-state index in [9.17, 15) is 13.2 Å². The molecule has 2 unspecified atom stereocenters. The molecule has 1 aliphatic rings. The molecule has 2 rings (SSSR count). The Morgan fingerprint density at radius 3 is 2.16 bits per heavy atom. The molecule has 1 nitrogen and oxygen atoms in total. The van der Waals surface area contributed by atoms with Gasteiger partial charge in [-0.3, -0.25) is 0 Å². The topological polar surface area (TPSA) is 26.0 Å². The molecule has 0 bridgehead atoms. The lowest BCUT2D eigenvalue weighted by atomic mass is 9.68. The van der Waals surface area contributed by atoms with Crippen LogP contribution in [0.15, 0.2) is 24.3 Å². The minimum Gasteiger partial charge on any atom is -0.321 e. The maximum atomic E-state index is 13.1. The number of nitrogens with two attached hydrogens (primary N) is 1. The smallest absolute Gasteiger partial charge is 0.321 e. The van der Waals surface area contributed by atoms with Gasteiger partial charge in [-0.15, -0.1) is 0 Å². The van der Waals surface area contributed by atoms with Crippen molar-refractivity contribution in [3.05, 3.63) is 35.4 Å². The van der Waals surface area contributed by atoms with E-state index in [1.165, 1.54) is 12.1 Å².